The van der Waals surface area contributed by atoms with Crippen molar-refractivity contribution in [2.24, 2.45) is 0 Å². The average Bonchev–Trinajstić information content (AvgIpc) is 3.21. The SMILES string of the molecule is CC(C)c1[nH]c(O)c(C(c2ccccc2)c2[nH]c3ccc(F)cc3c2C(C)C)c1O. The Hall–Kier alpha value is -3.21. The molecular weight excluding hydrogens is 379 g/mol. The van der Waals surface area contributed by atoms with Gasteiger partial charge >= 0.3 is 0 Å². The number of hydrogen-bond acceptors (Lipinski definition) is 2. The summed E-state index contributed by atoms with van der Waals surface area (Å²) < 4.78 is 14.1. The van der Waals surface area contributed by atoms with Gasteiger partial charge in [-0.3, -0.25) is 0 Å². The molecule has 0 aliphatic rings. The van der Waals surface area contributed by atoms with Crippen molar-refractivity contribution < 1.29 is 14.6 Å². The molecule has 0 aliphatic heterocycles. The molecule has 0 amide bonds. The molecule has 4 N–H and O–H groups in total. The molecule has 4 aromatic rings. The largest absolute Gasteiger partial charge is 0.506 e. The number of benzene rings is 2. The van der Waals surface area contributed by atoms with E-state index in [-0.39, 0.29) is 29.3 Å². The lowest BCUT2D eigenvalue weighted by Crippen LogP contribution is -2.07. The van der Waals surface area contributed by atoms with Crippen LogP contribution in [0.5, 0.6) is 11.6 Å². The molecule has 2 aromatic heterocycles. The first-order chi connectivity index (χ1) is 14.3. The zero-order valence-electron chi connectivity index (χ0n) is 17.6. The van der Waals surface area contributed by atoms with Gasteiger partial charge in [-0.05, 0) is 41.2 Å². The fraction of sp³-hybridized carbons (Fsp3) is 0.280. The Morgan fingerprint density at radius 2 is 1.50 bits per heavy atom. The van der Waals surface area contributed by atoms with Crippen LogP contribution in [0.4, 0.5) is 4.39 Å². The molecule has 4 rings (SSSR count). The van der Waals surface area contributed by atoms with Crippen molar-refractivity contribution in [3.63, 3.8) is 0 Å². The first kappa shape index (κ1) is 20.1. The predicted molar refractivity (Wildman–Crippen MR) is 118 cm³/mol. The van der Waals surface area contributed by atoms with Crippen LogP contribution in [0.1, 0.15) is 73.5 Å². The van der Waals surface area contributed by atoms with Gasteiger partial charge in [-0.15, -0.1) is 0 Å². The molecular formula is C25H27FN2O2. The van der Waals surface area contributed by atoms with E-state index in [1.807, 2.05) is 44.2 Å². The van der Waals surface area contributed by atoms with Crippen molar-refractivity contribution in [2.75, 3.05) is 0 Å². The second kappa shape index (κ2) is 7.56. The highest BCUT2D eigenvalue weighted by Gasteiger charge is 2.32. The van der Waals surface area contributed by atoms with Crippen LogP contribution in [0.15, 0.2) is 48.5 Å². The van der Waals surface area contributed by atoms with Crippen LogP contribution in [-0.2, 0) is 0 Å². The van der Waals surface area contributed by atoms with Crippen LogP contribution in [0.25, 0.3) is 10.9 Å². The summed E-state index contributed by atoms with van der Waals surface area (Å²) in [6, 6.07) is 14.5. The van der Waals surface area contributed by atoms with Crippen molar-refractivity contribution in [1.29, 1.82) is 0 Å². The monoisotopic (exact) mass is 406 g/mol. The summed E-state index contributed by atoms with van der Waals surface area (Å²) in [6.45, 7) is 8.04. The number of H-pyrrole nitrogens is 2. The lowest BCUT2D eigenvalue weighted by Gasteiger charge is -2.20. The minimum Gasteiger partial charge on any atom is -0.506 e. The Morgan fingerprint density at radius 3 is 2.10 bits per heavy atom. The van der Waals surface area contributed by atoms with Gasteiger partial charge in [0.2, 0.25) is 0 Å². The van der Waals surface area contributed by atoms with Crippen LogP contribution in [-0.4, -0.2) is 20.2 Å². The molecule has 0 spiro atoms. The van der Waals surface area contributed by atoms with E-state index >= 15 is 0 Å². The van der Waals surface area contributed by atoms with Crippen molar-refractivity contribution in [3.8, 4) is 11.6 Å². The van der Waals surface area contributed by atoms with E-state index in [0.29, 0.717) is 11.3 Å². The standard InChI is InChI=1S/C25H27FN2O2/c1-13(2)19-17-12-16(26)10-11-18(17)27-23(19)20(15-8-6-5-7-9-15)21-24(29)22(14(3)4)28-25(21)30/h5-14,20,27-30H,1-4H3. The van der Waals surface area contributed by atoms with Gasteiger partial charge in [0.25, 0.3) is 0 Å². The molecule has 0 radical (unpaired) electrons. The van der Waals surface area contributed by atoms with Crippen LogP contribution in [0.3, 0.4) is 0 Å². The normalized spacial score (nSPS) is 12.9. The number of fused-ring (bicyclic) bond motifs is 1. The fourth-order valence-corrected chi connectivity index (χ4v) is 4.38. The first-order valence-electron chi connectivity index (χ1n) is 10.3. The van der Waals surface area contributed by atoms with Crippen LogP contribution in [0.2, 0.25) is 0 Å². The minimum absolute atomic E-state index is 0.0162. The zero-order valence-corrected chi connectivity index (χ0v) is 17.6. The van der Waals surface area contributed by atoms with Crippen LogP contribution >= 0.6 is 0 Å². The summed E-state index contributed by atoms with van der Waals surface area (Å²) in [5.74, 6) is -0.596. The van der Waals surface area contributed by atoms with Crippen molar-refractivity contribution >= 4 is 10.9 Å². The van der Waals surface area contributed by atoms with E-state index in [9.17, 15) is 14.6 Å². The molecule has 1 unspecified atom stereocenters. The number of aromatic nitrogens is 2. The van der Waals surface area contributed by atoms with E-state index in [0.717, 1.165) is 27.7 Å². The molecule has 4 nitrogen and oxygen atoms in total. The predicted octanol–water partition coefficient (Wildman–Crippen LogP) is 6.47. The summed E-state index contributed by atoms with van der Waals surface area (Å²) in [5, 5.41) is 22.7. The number of aromatic hydroxyl groups is 2. The molecule has 0 saturated carbocycles. The zero-order chi connectivity index (χ0) is 21.6. The number of hydrogen-bond donors (Lipinski definition) is 4. The Kier molecular flexibility index (Phi) is 5.06. The van der Waals surface area contributed by atoms with Crippen molar-refractivity contribution in [3.05, 3.63) is 82.4 Å². The molecule has 2 aromatic carbocycles. The molecule has 30 heavy (non-hydrogen) atoms. The molecule has 0 saturated heterocycles. The third kappa shape index (κ3) is 3.24. The smallest absolute Gasteiger partial charge is 0.196 e. The van der Waals surface area contributed by atoms with E-state index in [1.54, 1.807) is 12.1 Å². The second-order valence-electron chi connectivity index (χ2n) is 8.44. The fourth-order valence-electron chi connectivity index (χ4n) is 4.38. The Morgan fingerprint density at radius 1 is 0.800 bits per heavy atom. The molecule has 156 valence electrons. The summed E-state index contributed by atoms with van der Waals surface area (Å²) >= 11 is 0. The third-order valence-electron chi connectivity index (χ3n) is 5.71. The number of halogens is 1. The summed E-state index contributed by atoms with van der Waals surface area (Å²) in [7, 11) is 0. The van der Waals surface area contributed by atoms with Gasteiger partial charge in [0.1, 0.15) is 11.6 Å². The van der Waals surface area contributed by atoms with E-state index in [4.69, 9.17) is 0 Å². The highest BCUT2D eigenvalue weighted by molar-refractivity contribution is 5.86. The number of nitrogens with one attached hydrogen (secondary N) is 2. The molecule has 0 aliphatic carbocycles. The highest BCUT2D eigenvalue weighted by atomic mass is 19.1. The minimum atomic E-state index is -0.442. The van der Waals surface area contributed by atoms with Gasteiger partial charge in [-0.25, -0.2) is 4.39 Å². The maximum Gasteiger partial charge on any atom is 0.196 e. The number of aromatic amines is 2. The van der Waals surface area contributed by atoms with Gasteiger partial charge in [0.15, 0.2) is 5.88 Å². The molecule has 1 atom stereocenters. The number of rotatable bonds is 5. The van der Waals surface area contributed by atoms with Gasteiger partial charge in [-0.2, -0.15) is 0 Å². The summed E-state index contributed by atoms with van der Waals surface area (Å²) in [5.41, 5.74) is 4.60. The Balaban J connectivity index is 2.06. The van der Waals surface area contributed by atoms with Crippen LogP contribution < -0.4 is 0 Å². The quantitative estimate of drug-likeness (QED) is 0.307. The topological polar surface area (TPSA) is 72.0 Å². The third-order valence-corrected chi connectivity index (χ3v) is 5.71. The summed E-state index contributed by atoms with van der Waals surface area (Å²) in [4.78, 5) is 6.42. The maximum absolute atomic E-state index is 14.1. The molecule has 0 fully saturated rings. The van der Waals surface area contributed by atoms with Crippen molar-refractivity contribution in [1.82, 2.24) is 9.97 Å². The van der Waals surface area contributed by atoms with Gasteiger partial charge in [0, 0.05) is 16.6 Å². The van der Waals surface area contributed by atoms with E-state index in [1.165, 1.54) is 6.07 Å². The lowest BCUT2D eigenvalue weighted by atomic mass is 9.84. The Bertz CT molecular complexity index is 1190. The van der Waals surface area contributed by atoms with Gasteiger partial charge < -0.3 is 20.2 Å². The van der Waals surface area contributed by atoms with Gasteiger partial charge in [0.05, 0.1) is 17.2 Å². The van der Waals surface area contributed by atoms with E-state index < -0.39 is 5.92 Å². The van der Waals surface area contributed by atoms with Gasteiger partial charge in [-0.1, -0.05) is 58.0 Å². The maximum atomic E-state index is 14.1. The summed E-state index contributed by atoms with van der Waals surface area (Å²) in [6.07, 6.45) is 0. The average molecular weight is 407 g/mol. The molecule has 2 heterocycles. The Labute approximate surface area is 175 Å². The second-order valence-corrected chi connectivity index (χ2v) is 8.44. The highest BCUT2D eigenvalue weighted by Crippen LogP contribution is 2.47. The first-order valence-corrected chi connectivity index (χ1v) is 10.3. The van der Waals surface area contributed by atoms with Crippen molar-refractivity contribution in [2.45, 2.75) is 45.4 Å². The molecule has 0 bridgehead atoms. The molecule has 5 heteroatoms. The lowest BCUT2D eigenvalue weighted by molar-refractivity contribution is 0.439. The van der Waals surface area contributed by atoms with Crippen LogP contribution in [0, 0.1) is 5.82 Å². The van der Waals surface area contributed by atoms with E-state index in [2.05, 4.69) is 23.8 Å².